The van der Waals surface area contributed by atoms with Gasteiger partial charge in [0.05, 0.1) is 23.9 Å². The summed E-state index contributed by atoms with van der Waals surface area (Å²) in [5.41, 5.74) is -0.234. The van der Waals surface area contributed by atoms with Crippen molar-refractivity contribution in [3.63, 3.8) is 0 Å². The van der Waals surface area contributed by atoms with Gasteiger partial charge in [0, 0.05) is 13.6 Å². The Hall–Kier alpha value is -2.42. The molecular weight excluding hydrogens is 325 g/mol. The molecule has 0 radical (unpaired) electrons. The van der Waals surface area contributed by atoms with Crippen LogP contribution < -0.4 is 0 Å². The normalized spacial score (nSPS) is 21.3. The largest absolute Gasteiger partial charge is 0.416 e. The number of amides is 1. The molecule has 2 heterocycles. The van der Waals surface area contributed by atoms with Crippen molar-refractivity contribution >= 4 is 5.91 Å². The first-order valence-electron chi connectivity index (χ1n) is 7.28. The van der Waals surface area contributed by atoms with E-state index >= 15 is 0 Å². The van der Waals surface area contributed by atoms with E-state index in [2.05, 4.69) is 10.3 Å². The maximum atomic E-state index is 12.9. The number of aryl methyl sites for hydroxylation is 1. The van der Waals surface area contributed by atoms with Gasteiger partial charge in [0.2, 0.25) is 0 Å². The van der Waals surface area contributed by atoms with Crippen LogP contribution in [-0.2, 0) is 13.2 Å². The second-order valence-electron chi connectivity index (χ2n) is 5.73. The molecule has 1 saturated heterocycles. The third-order valence-electron chi connectivity index (χ3n) is 4.07. The molecule has 1 aliphatic heterocycles. The Balaban J connectivity index is 1.94. The summed E-state index contributed by atoms with van der Waals surface area (Å²) in [4.78, 5) is 14.0. The first-order chi connectivity index (χ1) is 11.3. The minimum absolute atomic E-state index is 0.0466. The number of β-amino-alcohol motifs (C(OH)–C–C–N with tert-alkyl or cyclic N) is 1. The van der Waals surface area contributed by atoms with Gasteiger partial charge < -0.3 is 10.0 Å². The summed E-state index contributed by atoms with van der Waals surface area (Å²) in [6, 6.07) is 4.19. The minimum atomic E-state index is -4.46. The van der Waals surface area contributed by atoms with Crippen molar-refractivity contribution in [1.82, 2.24) is 19.9 Å². The number of carbonyl (C=O) groups is 1. The predicted molar refractivity (Wildman–Crippen MR) is 76.8 cm³/mol. The van der Waals surface area contributed by atoms with Crippen LogP contribution in [0.5, 0.6) is 0 Å². The third-order valence-corrected chi connectivity index (χ3v) is 4.07. The number of aromatic nitrogens is 3. The van der Waals surface area contributed by atoms with Crippen molar-refractivity contribution in [2.75, 3.05) is 6.54 Å². The fourth-order valence-electron chi connectivity index (χ4n) is 2.91. The van der Waals surface area contributed by atoms with Crippen LogP contribution in [0.4, 0.5) is 13.2 Å². The van der Waals surface area contributed by atoms with Gasteiger partial charge in [-0.05, 0) is 24.1 Å². The fourth-order valence-corrected chi connectivity index (χ4v) is 2.91. The van der Waals surface area contributed by atoms with E-state index in [1.165, 1.54) is 27.9 Å². The number of aliphatic hydroxyl groups is 1. The van der Waals surface area contributed by atoms with E-state index in [9.17, 15) is 23.1 Å². The number of nitrogens with zero attached hydrogens (tertiary/aromatic N) is 4. The highest BCUT2D eigenvalue weighted by molar-refractivity contribution is 5.92. The number of hydrogen-bond acceptors (Lipinski definition) is 4. The Morgan fingerprint density at radius 1 is 1.38 bits per heavy atom. The average Bonchev–Trinajstić information content (AvgIpc) is 3.12. The SMILES string of the molecule is Cn1nncc1C(=O)N1CC(O)CC1c1cccc(C(F)(F)F)c1. The summed E-state index contributed by atoms with van der Waals surface area (Å²) in [5.74, 6) is -0.429. The van der Waals surface area contributed by atoms with Crippen molar-refractivity contribution in [1.29, 1.82) is 0 Å². The average molecular weight is 340 g/mol. The van der Waals surface area contributed by atoms with E-state index in [4.69, 9.17) is 0 Å². The van der Waals surface area contributed by atoms with E-state index < -0.39 is 29.8 Å². The molecule has 1 N–H and O–H groups in total. The number of benzene rings is 1. The van der Waals surface area contributed by atoms with Crippen LogP contribution in [0.25, 0.3) is 0 Å². The number of aliphatic hydroxyl groups excluding tert-OH is 1. The van der Waals surface area contributed by atoms with Crippen molar-refractivity contribution in [3.8, 4) is 0 Å². The summed E-state index contributed by atoms with van der Waals surface area (Å²) < 4.78 is 40.0. The Morgan fingerprint density at radius 2 is 2.12 bits per heavy atom. The quantitative estimate of drug-likeness (QED) is 0.905. The summed E-state index contributed by atoms with van der Waals surface area (Å²) in [6.45, 7) is 0.0466. The monoisotopic (exact) mass is 340 g/mol. The standard InChI is InChI=1S/C15H15F3N4O2/c1-21-13(7-19-20-21)14(24)22-8-11(23)6-12(22)9-3-2-4-10(5-9)15(16,17)18/h2-5,7,11-12,23H,6,8H2,1H3. The molecule has 128 valence electrons. The zero-order valence-corrected chi connectivity index (χ0v) is 12.7. The fraction of sp³-hybridized carbons (Fsp3) is 0.400. The van der Waals surface area contributed by atoms with Gasteiger partial charge >= 0.3 is 6.18 Å². The Kier molecular flexibility index (Phi) is 4.04. The van der Waals surface area contributed by atoms with E-state index in [-0.39, 0.29) is 18.7 Å². The van der Waals surface area contributed by atoms with E-state index in [1.54, 1.807) is 7.05 Å². The molecule has 0 spiro atoms. The van der Waals surface area contributed by atoms with Gasteiger partial charge in [-0.1, -0.05) is 17.3 Å². The lowest BCUT2D eigenvalue weighted by molar-refractivity contribution is -0.137. The molecule has 1 aromatic carbocycles. The zero-order valence-electron chi connectivity index (χ0n) is 12.7. The smallest absolute Gasteiger partial charge is 0.391 e. The molecular formula is C15H15F3N4O2. The van der Waals surface area contributed by atoms with E-state index in [1.807, 2.05) is 0 Å². The predicted octanol–water partition coefficient (Wildman–Crippen LogP) is 1.78. The lowest BCUT2D eigenvalue weighted by atomic mass is 10.0. The van der Waals surface area contributed by atoms with Crippen LogP contribution in [0.2, 0.25) is 0 Å². The number of carbonyl (C=O) groups excluding carboxylic acids is 1. The van der Waals surface area contributed by atoms with Crippen LogP contribution in [0, 0.1) is 0 Å². The van der Waals surface area contributed by atoms with Crippen molar-refractivity contribution in [3.05, 3.63) is 47.3 Å². The van der Waals surface area contributed by atoms with Crippen LogP contribution in [0.1, 0.15) is 34.1 Å². The highest BCUT2D eigenvalue weighted by Gasteiger charge is 2.38. The van der Waals surface area contributed by atoms with Gasteiger partial charge in [-0.3, -0.25) is 4.79 Å². The second kappa shape index (κ2) is 5.90. The summed E-state index contributed by atoms with van der Waals surface area (Å²) in [6.07, 6.45) is -3.79. The molecule has 0 saturated carbocycles. The molecule has 1 aliphatic rings. The molecule has 9 heteroatoms. The topological polar surface area (TPSA) is 71.2 Å². The highest BCUT2D eigenvalue weighted by atomic mass is 19.4. The molecule has 1 fully saturated rings. The van der Waals surface area contributed by atoms with E-state index in [0.29, 0.717) is 5.56 Å². The summed E-state index contributed by atoms with van der Waals surface area (Å²) >= 11 is 0. The van der Waals surface area contributed by atoms with Crippen LogP contribution in [0.15, 0.2) is 30.5 Å². The Morgan fingerprint density at radius 3 is 2.75 bits per heavy atom. The van der Waals surface area contributed by atoms with Gasteiger partial charge in [-0.25, -0.2) is 4.68 Å². The maximum absolute atomic E-state index is 12.9. The number of rotatable bonds is 2. The molecule has 2 atom stereocenters. The van der Waals surface area contributed by atoms with Gasteiger partial charge in [-0.15, -0.1) is 5.10 Å². The number of hydrogen-bond donors (Lipinski definition) is 1. The third kappa shape index (κ3) is 2.99. The molecule has 1 aromatic heterocycles. The number of likely N-dealkylation sites (tertiary alicyclic amines) is 1. The molecule has 2 aromatic rings. The molecule has 1 amide bonds. The number of alkyl halides is 3. The van der Waals surface area contributed by atoms with E-state index in [0.717, 1.165) is 12.1 Å². The van der Waals surface area contributed by atoms with Crippen LogP contribution in [0.3, 0.4) is 0 Å². The Bertz CT molecular complexity index is 759. The van der Waals surface area contributed by atoms with Gasteiger partial charge in [0.25, 0.3) is 5.91 Å². The Labute approximate surface area is 135 Å². The lowest BCUT2D eigenvalue weighted by Crippen LogP contribution is -2.33. The molecule has 2 unspecified atom stereocenters. The van der Waals surface area contributed by atoms with Crippen LogP contribution in [-0.4, -0.2) is 43.6 Å². The van der Waals surface area contributed by atoms with Gasteiger partial charge in [0.1, 0.15) is 5.69 Å². The van der Waals surface area contributed by atoms with Crippen molar-refractivity contribution < 1.29 is 23.1 Å². The number of halogens is 3. The maximum Gasteiger partial charge on any atom is 0.416 e. The van der Waals surface area contributed by atoms with Gasteiger partial charge in [-0.2, -0.15) is 13.2 Å². The van der Waals surface area contributed by atoms with Crippen molar-refractivity contribution in [2.24, 2.45) is 7.05 Å². The molecule has 24 heavy (non-hydrogen) atoms. The molecule has 3 rings (SSSR count). The van der Waals surface area contributed by atoms with Crippen LogP contribution >= 0.6 is 0 Å². The molecule has 0 aliphatic carbocycles. The van der Waals surface area contributed by atoms with Gasteiger partial charge in [0.15, 0.2) is 0 Å². The zero-order chi connectivity index (χ0) is 17.5. The second-order valence-corrected chi connectivity index (χ2v) is 5.73. The minimum Gasteiger partial charge on any atom is -0.391 e. The summed E-state index contributed by atoms with van der Waals surface area (Å²) in [5, 5.41) is 17.2. The lowest BCUT2D eigenvalue weighted by Gasteiger charge is -2.25. The molecule has 6 nitrogen and oxygen atoms in total. The molecule has 0 bridgehead atoms. The first kappa shape index (κ1) is 16.4. The highest BCUT2D eigenvalue weighted by Crippen LogP contribution is 2.36. The summed E-state index contributed by atoms with van der Waals surface area (Å²) in [7, 11) is 1.55. The van der Waals surface area contributed by atoms with Crippen molar-refractivity contribution in [2.45, 2.75) is 24.7 Å². The first-order valence-corrected chi connectivity index (χ1v) is 7.28.